The molecule has 31 heteroatoms. The average Bonchev–Trinajstić information content (AvgIpc) is 1.59. The molecule has 15 fully saturated rings. The van der Waals surface area contributed by atoms with E-state index in [9.17, 15) is 49.8 Å². The van der Waals surface area contributed by atoms with Gasteiger partial charge in [-0.3, -0.25) is 9.59 Å². The van der Waals surface area contributed by atoms with Gasteiger partial charge in [-0.2, -0.15) is 0 Å². The fourth-order valence-corrected chi connectivity index (χ4v) is 16.7. The summed E-state index contributed by atoms with van der Waals surface area (Å²) in [6.45, 7) is 15.0. The standard InChI is InChI=1S/C18H27NO3.C13H22O5.C11H21NO3.C11H18O4.C9H14O3.C8H12O3.2C8H8O3.C4H8O2.CH4/c20-18(14-22-17-8-11-21-13-17)9-6-16(7-10-18)19-12-15-4-2-1-3-5-15;14-12(10-16-11-1-6-15-9-11)2-4-13(5-3-12)17-7-8-18-13;2*12-9-1-4-11(13,5-2-9)8-15-10-3-6-14-7-10;1-3-9(10-5-6-11-9)4-2-8(1)7-12-8;9-7-1-3-8(4-2-7)10-5-6-11-8;2*9-7(8(10)11)6-4-2-1-3-5-6;5-4-1-2-6-3-4;/h1-5,16-17,19-20H,6-14H2;11,14H,1-10H2;9-10,13H,1-8,12H2;10,13H,1-8H2;1-7H2;1-6H2;2*1-5,7,9H,(H,10,11);4-5H,1-3H2;1H4/t16?,17-,18?;11-;9?,10-,11?;10-;;;2*7-;4-;/m0000..000./s1. The summed E-state index contributed by atoms with van der Waals surface area (Å²) < 4.78 is 87.5. The van der Waals surface area contributed by atoms with Gasteiger partial charge in [-0.1, -0.05) is 98.4 Å². The van der Waals surface area contributed by atoms with E-state index in [2.05, 4.69) is 41.4 Å². The zero-order chi connectivity index (χ0) is 85.9. The van der Waals surface area contributed by atoms with Gasteiger partial charge in [0.05, 0.1) is 188 Å². The number of nitrogens with two attached hydrogens (primary N) is 1. The van der Waals surface area contributed by atoms with Gasteiger partial charge in [0.15, 0.2) is 17.4 Å². The summed E-state index contributed by atoms with van der Waals surface area (Å²) in [5, 5.41) is 90.7. The number of carboxylic acid groups (broad SMARTS) is 2. The fraction of sp³-hybridized carbons (Fsp3) is 0.758. The maximum absolute atomic E-state index is 11.0. The predicted molar refractivity (Wildman–Crippen MR) is 437 cm³/mol. The van der Waals surface area contributed by atoms with Gasteiger partial charge in [-0.05, 0) is 107 Å². The summed E-state index contributed by atoms with van der Waals surface area (Å²) in [7, 11) is 0. The normalized spacial score (nSPS) is 30.7. The van der Waals surface area contributed by atoms with Gasteiger partial charge >= 0.3 is 0 Å². The lowest BCUT2D eigenvalue weighted by Gasteiger charge is -2.40. The number of aliphatic hydroxyl groups is 7. The number of carboxylic acids is 2. The van der Waals surface area contributed by atoms with E-state index in [1.807, 2.05) is 0 Å². The highest BCUT2D eigenvalue weighted by molar-refractivity contribution is 5.79. The molecule has 3 aromatic rings. The fourth-order valence-electron chi connectivity index (χ4n) is 16.7. The van der Waals surface area contributed by atoms with E-state index in [1.165, 1.54) is 29.8 Å². The number of rotatable bonds is 19. The topological polar surface area (TPSA) is 451 Å². The molecule has 12 N–H and O–H groups in total. The summed E-state index contributed by atoms with van der Waals surface area (Å²) in [5.74, 6) is -3.35. The number of aliphatic carboxylic acids is 2. The van der Waals surface area contributed by atoms with Crippen LogP contribution in [0.4, 0.5) is 0 Å². The van der Waals surface area contributed by atoms with E-state index < -0.39 is 52.3 Å². The minimum absolute atomic E-state index is 0. The Morgan fingerprint density at radius 2 is 0.713 bits per heavy atom. The predicted octanol–water partition coefficient (Wildman–Crippen LogP) is 3.73. The SMILES string of the molecule is C.C1COC2(CCC3(CC2)CO3)O1.O=C([O-])[C@@H](O)c1ccccc1.O=C([O-])[C@@H](O)c1ccccc1.O=C1CCC(O)(CO[C@H]2CCOC2)CC1.O=C1CCC2(CC1)OCCO2.OC1(CO[C@H]2CCOC2)CCC([NH2+]Cc2ccccc2)CC1.OC1(CO[C@H]2CCOC2)CCC2(CC1)OCCO2.O[C@H]1CCOC1.[NH3+]C1CCC(O)(CO[C@H]2CCOC2)CC1. The lowest BCUT2D eigenvalue weighted by molar-refractivity contribution is -0.707. The summed E-state index contributed by atoms with van der Waals surface area (Å²) in [6.07, 6.45) is 21.5. The van der Waals surface area contributed by atoms with Gasteiger partial charge < -0.3 is 142 Å². The summed E-state index contributed by atoms with van der Waals surface area (Å²) in [5.41, 5.74) is 3.60. The molecule has 9 heterocycles. The molecule has 18 rings (SSSR count). The van der Waals surface area contributed by atoms with Gasteiger partial charge in [0.25, 0.3) is 0 Å². The number of ketones is 2. The molecule has 6 saturated carbocycles. The van der Waals surface area contributed by atoms with Crippen LogP contribution in [0.3, 0.4) is 0 Å². The first kappa shape index (κ1) is 101. The molecule has 0 radical (unpaired) electrons. The van der Waals surface area contributed by atoms with Crippen molar-refractivity contribution in [2.75, 3.05) is 139 Å². The Hall–Kier alpha value is -5.06. The number of carbonyl (C=O) groups excluding carboxylic acids is 4. The maximum Gasteiger partial charge on any atom is 0.169 e. The van der Waals surface area contributed by atoms with Crippen LogP contribution in [0.5, 0.6) is 0 Å². The Morgan fingerprint density at radius 1 is 0.402 bits per heavy atom. The summed E-state index contributed by atoms with van der Waals surface area (Å²) in [6, 6.07) is 27.9. The van der Waals surface area contributed by atoms with Crippen LogP contribution in [0.15, 0.2) is 91.0 Å². The van der Waals surface area contributed by atoms with E-state index >= 15 is 0 Å². The van der Waals surface area contributed by atoms with Gasteiger partial charge in [-0.25, -0.2) is 0 Å². The molecule has 31 nitrogen and oxygen atoms in total. The van der Waals surface area contributed by atoms with Crippen LogP contribution in [-0.4, -0.2) is 286 Å². The molecule has 7 atom stereocenters. The molecule has 690 valence electrons. The molecule has 4 spiro atoms. The van der Waals surface area contributed by atoms with Gasteiger partial charge in [-0.15, -0.1) is 0 Å². The van der Waals surface area contributed by atoms with Crippen LogP contribution < -0.4 is 21.3 Å². The Morgan fingerprint density at radius 3 is 1.03 bits per heavy atom. The summed E-state index contributed by atoms with van der Waals surface area (Å²) in [4.78, 5) is 42.2. The molecular formula is C91H142N2O29. The average molecular weight is 1730 g/mol. The lowest BCUT2D eigenvalue weighted by Crippen LogP contribution is -2.89. The molecule has 0 amide bonds. The van der Waals surface area contributed by atoms with Crippen LogP contribution in [0.1, 0.15) is 223 Å². The molecule has 0 aromatic heterocycles. The minimum Gasteiger partial charge on any atom is -0.547 e. The highest BCUT2D eigenvalue weighted by atomic mass is 16.8. The van der Waals surface area contributed by atoms with Crippen molar-refractivity contribution in [3.63, 3.8) is 0 Å². The third-order valence-electron chi connectivity index (χ3n) is 25.2. The Kier molecular flexibility index (Phi) is 41.8. The number of carbonyl (C=O) groups is 4. The first-order valence-electron chi connectivity index (χ1n) is 44.3. The van der Waals surface area contributed by atoms with Crippen LogP contribution in [0.25, 0.3) is 0 Å². The van der Waals surface area contributed by atoms with Gasteiger partial charge in [0.1, 0.15) is 30.3 Å². The van der Waals surface area contributed by atoms with Crippen molar-refractivity contribution in [1.29, 1.82) is 0 Å². The maximum atomic E-state index is 11.0. The van der Waals surface area contributed by atoms with Crippen molar-refractivity contribution in [3.8, 4) is 0 Å². The van der Waals surface area contributed by atoms with Gasteiger partial charge in [0.2, 0.25) is 0 Å². The van der Waals surface area contributed by atoms with Crippen LogP contribution in [-0.2, 0) is 102 Å². The molecule has 3 aromatic carbocycles. The van der Waals surface area contributed by atoms with E-state index in [1.54, 1.807) is 36.4 Å². The van der Waals surface area contributed by atoms with Crippen molar-refractivity contribution >= 4 is 23.5 Å². The number of benzene rings is 3. The number of hydrogen-bond donors (Lipinski definition) is 9. The third-order valence-corrected chi connectivity index (χ3v) is 25.2. The minimum atomic E-state index is -1.52. The van der Waals surface area contributed by atoms with Crippen LogP contribution in [0, 0.1) is 0 Å². The van der Waals surface area contributed by atoms with E-state index in [0.717, 1.165) is 194 Å². The first-order valence-corrected chi connectivity index (χ1v) is 44.3. The first-order chi connectivity index (χ1) is 58.3. The highest BCUT2D eigenvalue weighted by Crippen LogP contribution is 2.48. The molecule has 0 unspecified atom stereocenters. The van der Waals surface area contributed by atoms with Crippen molar-refractivity contribution in [1.82, 2.24) is 0 Å². The molecule has 0 bridgehead atoms. The second kappa shape index (κ2) is 50.6. The van der Waals surface area contributed by atoms with Crippen LogP contribution in [0.2, 0.25) is 0 Å². The Bertz CT molecular complexity index is 3300. The smallest absolute Gasteiger partial charge is 0.169 e. The molecule has 9 aliphatic heterocycles. The number of ether oxygens (including phenoxy) is 16. The van der Waals surface area contributed by atoms with Crippen LogP contribution >= 0.6 is 0 Å². The third kappa shape index (κ3) is 34.8. The molecule has 15 aliphatic rings. The van der Waals surface area contributed by atoms with Gasteiger partial charge in [0, 0.05) is 128 Å². The molecule has 6 aliphatic carbocycles. The number of epoxide rings is 1. The lowest BCUT2D eigenvalue weighted by atomic mass is 9.82. The zero-order valence-corrected chi connectivity index (χ0v) is 70.8. The summed E-state index contributed by atoms with van der Waals surface area (Å²) >= 11 is 0. The second-order valence-electron chi connectivity index (χ2n) is 34.9. The largest absolute Gasteiger partial charge is 0.547 e. The molecule has 122 heavy (non-hydrogen) atoms. The Balaban J connectivity index is 0.000000158. The van der Waals surface area contributed by atoms with E-state index in [0.29, 0.717) is 166 Å². The van der Waals surface area contributed by atoms with Crippen molar-refractivity contribution in [2.45, 2.75) is 300 Å². The number of quaternary nitrogens is 2. The number of hydrogen-bond acceptors (Lipinski definition) is 29. The van der Waals surface area contributed by atoms with Crippen molar-refractivity contribution < 1.29 is 152 Å². The van der Waals surface area contributed by atoms with Crippen molar-refractivity contribution in [2.24, 2.45) is 0 Å². The highest BCUT2D eigenvalue weighted by Gasteiger charge is 2.54. The van der Waals surface area contributed by atoms with E-state index in [-0.39, 0.29) is 60.9 Å². The zero-order valence-electron chi connectivity index (χ0n) is 70.8. The molecular weight excluding hydrogens is 1580 g/mol. The number of aliphatic hydroxyl groups excluding tert-OH is 3. The quantitative estimate of drug-likeness (QED) is 0.0772. The Labute approximate surface area is 719 Å². The monoisotopic (exact) mass is 1730 g/mol. The second-order valence-corrected chi connectivity index (χ2v) is 34.9. The molecule has 9 saturated heterocycles. The van der Waals surface area contributed by atoms with E-state index in [4.69, 9.17) is 91.1 Å². The van der Waals surface area contributed by atoms with Crippen molar-refractivity contribution in [3.05, 3.63) is 108 Å². The number of Topliss-reactive ketones (excluding diaryl/α,β-unsaturated/α-hetero) is 2.